The Morgan fingerprint density at radius 3 is 1.71 bits per heavy atom. The molecule has 0 aliphatic heterocycles. The highest BCUT2D eigenvalue weighted by Crippen LogP contribution is 2.19. The highest BCUT2D eigenvalue weighted by molar-refractivity contribution is 6.34. The maximum atomic E-state index is 11.4. The predicted molar refractivity (Wildman–Crippen MR) is 93.3 cm³/mol. The maximum Gasteiger partial charge on any atom is 0.356 e. The Bertz CT molecular complexity index is 689. The number of esters is 1. The van der Waals surface area contributed by atoms with Gasteiger partial charge in [0.05, 0.1) is 18.2 Å². The van der Waals surface area contributed by atoms with E-state index in [1.807, 2.05) is 6.07 Å². The average Bonchev–Trinajstić information content (AvgIpc) is 2.56. The van der Waals surface area contributed by atoms with E-state index in [0.717, 1.165) is 0 Å². The minimum absolute atomic E-state index is 0.340. The third-order valence-corrected chi connectivity index (χ3v) is 3.78. The molecule has 24 heavy (non-hydrogen) atoms. The second kappa shape index (κ2) is 9.27. The second-order valence-electron chi connectivity index (χ2n) is 4.75. The van der Waals surface area contributed by atoms with E-state index in [4.69, 9.17) is 29.1 Å². The summed E-state index contributed by atoms with van der Waals surface area (Å²) in [5.41, 5.74) is 2.09. The minimum Gasteiger partial charge on any atom is -0.465 e. The van der Waals surface area contributed by atoms with Gasteiger partial charge in [-0.15, -0.1) is 0 Å². The molecule has 5 nitrogen and oxygen atoms in total. The molecule has 0 saturated heterocycles. The van der Waals surface area contributed by atoms with Crippen molar-refractivity contribution >= 4 is 35.1 Å². The standard InChI is InChI=1S/C11H13NO4.C6H4Cl2/c1-6-7(2)9(11(14)16-12)5-4-8(6)10(13)15-3;7-5-2-1-3-6(8)4-5/h4-5H,12H2,1-3H3;1-4H. The number of rotatable bonds is 2. The van der Waals surface area contributed by atoms with Crippen molar-refractivity contribution in [3.63, 3.8) is 0 Å². The lowest BCUT2D eigenvalue weighted by Gasteiger charge is -2.10. The summed E-state index contributed by atoms with van der Waals surface area (Å²) in [7, 11) is 1.30. The molecule has 0 bridgehead atoms. The first-order valence-electron chi connectivity index (χ1n) is 6.82. The van der Waals surface area contributed by atoms with E-state index in [9.17, 15) is 9.59 Å². The van der Waals surface area contributed by atoms with Gasteiger partial charge in [0, 0.05) is 10.0 Å². The maximum absolute atomic E-state index is 11.4. The molecule has 0 amide bonds. The van der Waals surface area contributed by atoms with Gasteiger partial charge in [0.1, 0.15) is 0 Å². The fourth-order valence-electron chi connectivity index (χ4n) is 1.90. The van der Waals surface area contributed by atoms with Crippen LogP contribution in [0.4, 0.5) is 0 Å². The number of nitrogens with two attached hydrogens (primary N) is 1. The van der Waals surface area contributed by atoms with Crippen molar-refractivity contribution in [3.8, 4) is 0 Å². The monoisotopic (exact) mass is 369 g/mol. The number of hydrogen-bond donors (Lipinski definition) is 1. The van der Waals surface area contributed by atoms with Gasteiger partial charge in [-0.25, -0.2) is 9.59 Å². The number of halogens is 2. The number of carbonyl (C=O) groups excluding carboxylic acids is 2. The molecule has 0 atom stereocenters. The van der Waals surface area contributed by atoms with E-state index in [1.165, 1.54) is 19.2 Å². The van der Waals surface area contributed by atoms with Crippen molar-refractivity contribution in [1.29, 1.82) is 0 Å². The van der Waals surface area contributed by atoms with Crippen LogP contribution in [0.15, 0.2) is 36.4 Å². The summed E-state index contributed by atoms with van der Waals surface area (Å²) in [6, 6.07) is 10.1. The third-order valence-electron chi connectivity index (χ3n) is 3.31. The summed E-state index contributed by atoms with van der Waals surface area (Å²) >= 11 is 11.1. The number of benzene rings is 2. The Balaban J connectivity index is 0.000000300. The average molecular weight is 370 g/mol. The minimum atomic E-state index is -0.628. The zero-order chi connectivity index (χ0) is 18.3. The first kappa shape index (κ1) is 20.0. The van der Waals surface area contributed by atoms with Crippen molar-refractivity contribution in [2.24, 2.45) is 5.90 Å². The van der Waals surface area contributed by atoms with Gasteiger partial charge in [0.25, 0.3) is 0 Å². The van der Waals surface area contributed by atoms with Crippen molar-refractivity contribution in [3.05, 3.63) is 68.7 Å². The number of ether oxygens (including phenoxy) is 1. The SMILES string of the molecule is COC(=O)c1ccc(C(=O)ON)c(C)c1C.Clc1cccc(Cl)c1. The van der Waals surface area contributed by atoms with E-state index in [1.54, 1.807) is 32.0 Å². The fourth-order valence-corrected chi connectivity index (χ4v) is 2.33. The number of carbonyl (C=O) groups is 2. The van der Waals surface area contributed by atoms with Gasteiger partial charge in [0.2, 0.25) is 0 Å². The quantitative estimate of drug-likeness (QED) is 0.636. The van der Waals surface area contributed by atoms with Gasteiger partial charge in [0.15, 0.2) is 0 Å². The van der Waals surface area contributed by atoms with Gasteiger partial charge >= 0.3 is 11.9 Å². The normalized spacial score (nSPS) is 9.58. The van der Waals surface area contributed by atoms with Crippen molar-refractivity contribution in [2.75, 3.05) is 7.11 Å². The molecular weight excluding hydrogens is 353 g/mol. The molecule has 128 valence electrons. The van der Waals surface area contributed by atoms with E-state index in [-0.39, 0.29) is 0 Å². The van der Waals surface area contributed by atoms with E-state index in [2.05, 4.69) is 9.57 Å². The van der Waals surface area contributed by atoms with Crippen molar-refractivity contribution in [2.45, 2.75) is 13.8 Å². The molecule has 0 spiro atoms. The third kappa shape index (κ3) is 5.23. The van der Waals surface area contributed by atoms with Gasteiger partial charge in [-0.3, -0.25) is 0 Å². The van der Waals surface area contributed by atoms with E-state index >= 15 is 0 Å². The summed E-state index contributed by atoms with van der Waals surface area (Å²) in [5.74, 6) is 3.74. The summed E-state index contributed by atoms with van der Waals surface area (Å²) in [6.07, 6.45) is 0. The number of methoxy groups -OCH3 is 1. The van der Waals surface area contributed by atoms with Crippen LogP contribution in [0.1, 0.15) is 31.8 Å². The van der Waals surface area contributed by atoms with Crippen molar-refractivity contribution < 1.29 is 19.2 Å². The van der Waals surface area contributed by atoms with Crippen LogP contribution in [0.2, 0.25) is 10.0 Å². The molecule has 0 fully saturated rings. The summed E-state index contributed by atoms with van der Waals surface area (Å²) < 4.78 is 4.62. The van der Waals surface area contributed by atoms with Gasteiger partial charge < -0.3 is 9.57 Å². The molecular formula is C17H17Cl2NO4. The lowest BCUT2D eigenvalue weighted by molar-refractivity contribution is 0.0500. The summed E-state index contributed by atoms with van der Waals surface area (Å²) in [6.45, 7) is 3.45. The van der Waals surface area contributed by atoms with Crippen LogP contribution in [-0.4, -0.2) is 19.0 Å². The van der Waals surface area contributed by atoms with Crippen LogP contribution in [0, 0.1) is 13.8 Å². The van der Waals surface area contributed by atoms with E-state index < -0.39 is 11.9 Å². The van der Waals surface area contributed by atoms with Crippen LogP contribution < -0.4 is 5.90 Å². The van der Waals surface area contributed by atoms with Gasteiger partial charge in [-0.05, 0) is 55.3 Å². The Morgan fingerprint density at radius 1 is 0.917 bits per heavy atom. The molecule has 0 aliphatic carbocycles. The molecule has 0 aromatic heterocycles. The predicted octanol–water partition coefficient (Wildman–Crippen LogP) is 4.11. The number of hydrogen-bond acceptors (Lipinski definition) is 5. The largest absolute Gasteiger partial charge is 0.465 e. The van der Waals surface area contributed by atoms with Gasteiger partial charge in [-0.2, -0.15) is 5.90 Å². The molecule has 2 aromatic rings. The van der Waals surface area contributed by atoms with Crippen LogP contribution in [-0.2, 0) is 9.57 Å². The zero-order valence-corrected chi connectivity index (χ0v) is 14.9. The Morgan fingerprint density at radius 2 is 1.38 bits per heavy atom. The first-order chi connectivity index (χ1) is 11.3. The Labute approximate surface area is 150 Å². The van der Waals surface area contributed by atoms with Gasteiger partial charge in [-0.1, -0.05) is 29.3 Å². The first-order valence-corrected chi connectivity index (χ1v) is 7.58. The Hall–Kier alpha value is -2.08. The smallest absolute Gasteiger partial charge is 0.356 e. The summed E-state index contributed by atoms with van der Waals surface area (Å²) in [5, 5.41) is 1.36. The molecule has 7 heteroatoms. The van der Waals surface area contributed by atoms with Crippen LogP contribution in [0.5, 0.6) is 0 Å². The molecule has 0 heterocycles. The van der Waals surface area contributed by atoms with Crippen LogP contribution in [0.3, 0.4) is 0 Å². The Kier molecular flexibility index (Phi) is 7.71. The lowest BCUT2D eigenvalue weighted by Crippen LogP contribution is -2.14. The highest BCUT2D eigenvalue weighted by Gasteiger charge is 2.17. The van der Waals surface area contributed by atoms with Crippen LogP contribution in [0.25, 0.3) is 0 Å². The highest BCUT2D eigenvalue weighted by atomic mass is 35.5. The molecule has 2 aromatic carbocycles. The molecule has 0 unspecified atom stereocenters. The zero-order valence-electron chi connectivity index (χ0n) is 13.4. The topological polar surface area (TPSA) is 78.6 Å². The fraction of sp³-hybridized carbons (Fsp3) is 0.176. The summed E-state index contributed by atoms with van der Waals surface area (Å²) in [4.78, 5) is 26.8. The molecule has 2 N–H and O–H groups in total. The second-order valence-corrected chi connectivity index (χ2v) is 5.62. The van der Waals surface area contributed by atoms with Crippen molar-refractivity contribution in [1.82, 2.24) is 0 Å². The molecule has 0 aliphatic rings. The van der Waals surface area contributed by atoms with E-state index in [0.29, 0.717) is 32.3 Å². The van der Waals surface area contributed by atoms with Crippen LogP contribution >= 0.6 is 23.2 Å². The molecule has 0 radical (unpaired) electrons. The lowest BCUT2D eigenvalue weighted by atomic mass is 9.98. The molecule has 0 saturated carbocycles. The molecule has 2 rings (SSSR count).